The molecule has 0 saturated heterocycles. The maximum absolute atomic E-state index is 13.5. The minimum Gasteiger partial charge on any atom is -0.400 e. The van der Waals surface area contributed by atoms with Crippen molar-refractivity contribution >= 4 is 17.1 Å². The third-order valence-corrected chi connectivity index (χ3v) is 5.94. The Hall–Kier alpha value is -4.72. The van der Waals surface area contributed by atoms with Crippen molar-refractivity contribution in [2.45, 2.75) is 13.3 Å². The van der Waals surface area contributed by atoms with E-state index in [1.165, 1.54) is 11.1 Å². The average molecular weight is 523 g/mol. The van der Waals surface area contributed by atoms with E-state index in [2.05, 4.69) is 17.2 Å². The first-order valence-electron chi connectivity index (χ1n) is 12.4. The number of para-hydroxylation sites is 1. The van der Waals surface area contributed by atoms with Crippen LogP contribution in [0.15, 0.2) is 119 Å². The van der Waals surface area contributed by atoms with Crippen LogP contribution in [0.1, 0.15) is 27.9 Å². The number of nitrogens with zero attached hydrogens (tertiary/aromatic N) is 2. The van der Waals surface area contributed by atoms with Gasteiger partial charge in [0.2, 0.25) is 0 Å². The third-order valence-electron chi connectivity index (χ3n) is 5.94. The van der Waals surface area contributed by atoms with Crippen molar-refractivity contribution in [1.82, 2.24) is 9.78 Å². The van der Waals surface area contributed by atoms with Crippen LogP contribution in [-0.2, 0) is 6.42 Å². The molecule has 0 saturated carbocycles. The fraction of sp³-hybridized carbons (Fsp3) is 0.125. The minimum atomic E-state index is -0.128. The van der Waals surface area contributed by atoms with Crippen LogP contribution in [0.2, 0.25) is 0 Å². The predicted octanol–water partition coefficient (Wildman–Crippen LogP) is 5.03. The molecule has 4 aromatic carbocycles. The van der Waals surface area contributed by atoms with E-state index in [0.717, 1.165) is 49.0 Å². The summed E-state index contributed by atoms with van der Waals surface area (Å²) in [6, 6.07) is 35.4. The molecule has 5 N–H and O–H groups in total. The number of aryl methyl sites for hydroxylation is 1. The van der Waals surface area contributed by atoms with Gasteiger partial charge in [0, 0.05) is 31.2 Å². The van der Waals surface area contributed by atoms with Gasteiger partial charge in [0.25, 0.3) is 5.56 Å². The molecule has 0 fully saturated rings. The van der Waals surface area contributed by atoms with Crippen LogP contribution in [0.4, 0.5) is 11.4 Å². The molecule has 7 heteroatoms. The molecule has 0 spiro atoms. The van der Waals surface area contributed by atoms with Gasteiger partial charge in [0.15, 0.2) is 0 Å². The van der Waals surface area contributed by atoms with Crippen molar-refractivity contribution < 1.29 is 10.2 Å². The van der Waals surface area contributed by atoms with Crippen LogP contribution in [0.25, 0.3) is 5.69 Å². The summed E-state index contributed by atoms with van der Waals surface area (Å²) in [5, 5.41) is 17.2. The summed E-state index contributed by atoms with van der Waals surface area (Å²) in [5.74, 6) is 0. The first kappa shape index (κ1) is 28.8. The molecule has 0 aliphatic rings. The second-order valence-corrected chi connectivity index (χ2v) is 8.50. The number of nitrogen functional groups attached to an aromatic ring is 1. The summed E-state index contributed by atoms with van der Waals surface area (Å²) < 4.78 is 1.57. The molecule has 0 radical (unpaired) electrons. The van der Waals surface area contributed by atoms with Gasteiger partial charge in [-0.1, -0.05) is 72.8 Å². The summed E-state index contributed by atoms with van der Waals surface area (Å²) in [6.45, 7) is 1.91. The molecule has 0 aliphatic heterocycles. The van der Waals surface area contributed by atoms with Crippen LogP contribution < -0.4 is 11.3 Å². The zero-order valence-corrected chi connectivity index (χ0v) is 22.4. The van der Waals surface area contributed by atoms with Gasteiger partial charge >= 0.3 is 0 Å². The molecule has 200 valence electrons. The van der Waals surface area contributed by atoms with Crippen molar-refractivity contribution in [2.75, 3.05) is 20.0 Å². The first-order chi connectivity index (χ1) is 19.1. The summed E-state index contributed by atoms with van der Waals surface area (Å²) in [5.41, 5.74) is 13.2. The number of aliphatic imine (C=N–C) groups is 1. The number of aromatic nitrogens is 2. The Bertz CT molecular complexity index is 1520. The Balaban J connectivity index is 0.00000100. The lowest BCUT2D eigenvalue weighted by Crippen LogP contribution is -2.21. The quantitative estimate of drug-likeness (QED) is 0.185. The molecular formula is C32H34N4O3. The smallest absolute Gasteiger partial charge is 0.280 e. The van der Waals surface area contributed by atoms with Crippen LogP contribution in [0.3, 0.4) is 0 Å². The fourth-order valence-electron chi connectivity index (χ4n) is 4.13. The van der Waals surface area contributed by atoms with Gasteiger partial charge in [0.05, 0.1) is 22.6 Å². The topological polar surface area (TPSA) is 117 Å². The number of rotatable bonds is 6. The largest absolute Gasteiger partial charge is 0.400 e. The lowest BCUT2D eigenvalue weighted by molar-refractivity contribution is 0.399. The second kappa shape index (κ2) is 14.3. The Morgan fingerprint density at radius 1 is 0.769 bits per heavy atom. The Morgan fingerprint density at radius 2 is 1.28 bits per heavy atom. The first-order valence-corrected chi connectivity index (χ1v) is 12.4. The van der Waals surface area contributed by atoms with E-state index >= 15 is 0 Å². The zero-order valence-electron chi connectivity index (χ0n) is 22.4. The summed E-state index contributed by atoms with van der Waals surface area (Å²) in [6.07, 6.45) is 0.814. The molecule has 0 unspecified atom stereocenters. The van der Waals surface area contributed by atoms with Crippen LogP contribution >= 0.6 is 0 Å². The van der Waals surface area contributed by atoms with Gasteiger partial charge < -0.3 is 15.9 Å². The highest BCUT2D eigenvalue weighted by molar-refractivity contribution is 6.14. The Labute approximate surface area is 228 Å². The number of anilines is 1. The molecule has 1 aromatic heterocycles. The molecular weight excluding hydrogens is 488 g/mol. The van der Waals surface area contributed by atoms with Crippen molar-refractivity contribution in [1.29, 1.82) is 0 Å². The molecule has 7 nitrogen and oxygen atoms in total. The second-order valence-electron chi connectivity index (χ2n) is 8.50. The summed E-state index contributed by atoms with van der Waals surface area (Å²) >= 11 is 0. The average Bonchev–Trinajstić information content (AvgIpc) is 3.30. The molecule has 39 heavy (non-hydrogen) atoms. The van der Waals surface area contributed by atoms with Crippen molar-refractivity contribution in [3.8, 4) is 5.69 Å². The number of hydrogen-bond acceptors (Lipinski definition) is 5. The number of aliphatic hydroxyl groups is 2. The summed E-state index contributed by atoms with van der Waals surface area (Å²) in [4.78, 5) is 18.5. The van der Waals surface area contributed by atoms with Crippen LogP contribution in [0.5, 0.6) is 0 Å². The number of hydrogen-bond donors (Lipinski definition) is 4. The van der Waals surface area contributed by atoms with Gasteiger partial charge in [-0.2, -0.15) is 0 Å². The minimum absolute atomic E-state index is 0.128. The maximum Gasteiger partial charge on any atom is 0.280 e. The summed E-state index contributed by atoms with van der Waals surface area (Å²) in [7, 11) is 2.00. The number of aliphatic hydroxyl groups excluding tert-OH is 2. The lowest BCUT2D eigenvalue weighted by atomic mass is 10.0. The van der Waals surface area contributed by atoms with E-state index in [-0.39, 0.29) is 5.56 Å². The maximum atomic E-state index is 13.5. The van der Waals surface area contributed by atoms with Crippen LogP contribution in [0, 0.1) is 6.92 Å². The van der Waals surface area contributed by atoms with Gasteiger partial charge in [-0.25, -0.2) is 9.67 Å². The number of benzene rings is 4. The fourth-order valence-corrected chi connectivity index (χ4v) is 4.13. The van der Waals surface area contributed by atoms with Crippen molar-refractivity contribution in [2.24, 2.45) is 4.99 Å². The molecule has 1 heterocycles. The number of aromatic amines is 1. The molecule has 0 atom stereocenters. The standard InChI is InChI=1S/C30H26N4O.2CH4O/c1-21-28(30(35)34(33-21)27-10-6-3-7-11-27)29(24-8-4-2-5-9-24)32-26-18-14-23(15-19-26)20-22-12-16-25(31)17-13-22;2*1-2/h2-19,33H,20,31H2,1H3;2*2H,1H3. The van der Waals surface area contributed by atoms with E-state index in [1.54, 1.807) is 4.68 Å². The van der Waals surface area contributed by atoms with E-state index in [1.807, 2.05) is 104 Å². The normalized spacial score (nSPS) is 10.6. The number of nitrogens with two attached hydrogens (primary N) is 1. The van der Waals surface area contributed by atoms with Gasteiger partial charge in [-0.15, -0.1) is 0 Å². The highest BCUT2D eigenvalue weighted by Gasteiger charge is 2.19. The third kappa shape index (κ3) is 7.19. The molecule has 5 rings (SSSR count). The lowest BCUT2D eigenvalue weighted by Gasteiger charge is -2.07. The molecule has 5 aromatic rings. The van der Waals surface area contributed by atoms with E-state index in [4.69, 9.17) is 20.9 Å². The van der Waals surface area contributed by atoms with E-state index in [9.17, 15) is 4.79 Å². The molecule has 0 amide bonds. The van der Waals surface area contributed by atoms with Gasteiger partial charge in [-0.05, 0) is 60.9 Å². The highest BCUT2D eigenvalue weighted by atomic mass is 16.2. The van der Waals surface area contributed by atoms with Gasteiger partial charge in [-0.3, -0.25) is 9.89 Å². The molecule has 0 aliphatic carbocycles. The predicted molar refractivity (Wildman–Crippen MR) is 159 cm³/mol. The SMILES string of the molecule is CO.CO.Cc1[nH]n(-c2ccccc2)c(=O)c1C(=Nc1ccc(Cc2ccc(N)cc2)cc1)c1ccccc1. The number of nitrogens with one attached hydrogen (secondary N) is 1. The highest BCUT2D eigenvalue weighted by Crippen LogP contribution is 2.21. The Morgan fingerprint density at radius 3 is 1.85 bits per heavy atom. The monoisotopic (exact) mass is 522 g/mol. The zero-order chi connectivity index (χ0) is 28.2. The van der Waals surface area contributed by atoms with E-state index < -0.39 is 0 Å². The van der Waals surface area contributed by atoms with Crippen molar-refractivity contribution in [3.05, 3.63) is 147 Å². The Kier molecular flexibility index (Phi) is 10.6. The number of H-pyrrole nitrogens is 1. The van der Waals surface area contributed by atoms with Crippen LogP contribution in [-0.4, -0.2) is 39.9 Å². The molecule has 0 bridgehead atoms. The van der Waals surface area contributed by atoms with E-state index in [0.29, 0.717) is 11.3 Å². The van der Waals surface area contributed by atoms with Gasteiger partial charge in [0.1, 0.15) is 0 Å². The van der Waals surface area contributed by atoms with Crippen molar-refractivity contribution in [3.63, 3.8) is 0 Å².